The van der Waals surface area contributed by atoms with E-state index in [0.717, 1.165) is 0 Å². The summed E-state index contributed by atoms with van der Waals surface area (Å²) in [6.07, 6.45) is 0. The normalized spacial score (nSPS) is 9.18. The third-order valence-corrected chi connectivity index (χ3v) is 1.40. The van der Waals surface area contributed by atoms with Crippen LogP contribution in [-0.4, -0.2) is 0 Å². The lowest BCUT2D eigenvalue weighted by molar-refractivity contribution is 0.615. The van der Waals surface area contributed by atoms with E-state index in [0.29, 0.717) is 11.3 Å². The summed E-state index contributed by atoms with van der Waals surface area (Å²) in [5.74, 6) is -0.485. The molecule has 0 heterocycles. The van der Waals surface area contributed by atoms with Crippen LogP contribution >= 0.6 is 0 Å². The number of nitrogen functional groups attached to an aromatic ring is 1. The van der Waals surface area contributed by atoms with Crippen LogP contribution in [0.3, 0.4) is 0 Å². The van der Waals surface area contributed by atoms with Crippen LogP contribution in [0, 0.1) is 24.1 Å². The summed E-state index contributed by atoms with van der Waals surface area (Å²) in [6.45, 7) is 1.58. The molecule has 0 saturated heterocycles. The summed E-state index contributed by atoms with van der Waals surface area (Å²) in [5.41, 5.74) is 6.21. The van der Waals surface area contributed by atoms with E-state index >= 15 is 0 Å². The van der Waals surface area contributed by atoms with Crippen LogP contribution in [-0.2, 0) is 0 Å². The van der Waals surface area contributed by atoms with Gasteiger partial charge in [-0.05, 0) is 24.6 Å². The van der Waals surface area contributed by atoms with Gasteiger partial charge in [0.15, 0.2) is 0 Å². The summed E-state index contributed by atoms with van der Waals surface area (Å²) in [4.78, 5) is 0. The molecule has 0 fully saturated rings. The van der Waals surface area contributed by atoms with Crippen LogP contribution in [0.2, 0.25) is 0 Å². The zero-order valence-electron chi connectivity index (χ0n) is 6.06. The second-order valence-electron chi connectivity index (χ2n) is 2.31. The van der Waals surface area contributed by atoms with Gasteiger partial charge in [-0.15, -0.1) is 0 Å². The molecule has 56 valence electrons. The van der Waals surface area contributed by atoms with Gasteiger partial charge in [0.1, 0.15) is 11.9 Å². The van der Waals surface area contributed by atoms with Crippen molar-refractivity contribution >= 4 is 5.69 Å². The van der Waals surface area contributed by atoms with Gasteiger partial charge in [-0.2, -0.15) is 5.26 Å². The molecule has 0 aliphatic carbocycles. The minimum atomic E-state index is -0.485. The topological polar surface area (TPSA) is 49.8 Å². The number of aryl methyl sites for hydroxylation is 1. The SMILES string of the molecule is Cc1cc(N)cc(C#N)c1F. The fraction of sp³-hybridized carbons (Fsp3) is 0.125. The average Bonchev–Trinajstić information content (AvgIpc) is 1.96. The standard InChI is InChI=1S/C8H7FN2/c1-5-2-7(11)3-6(4-10)8(5)9/h2-3H,11H2,1H3. The summed E-state index contributed by atoms with van der Waals surface area (Å²) >= 11 is 0. The minimum Gasteiger partial charge on any atom is -0.399 e. The fourth-order valence-corrected chi connectivity index (χ4v) is 0.879. The maximum Gasteiger partial charge on any atom is 0.144 e. The van der Waals surface area contributed by atoms with Gasteiger partial charge in [-0.1, -0.05) is 0 Å². The van der Waals surface area contributed by atoms with E-state index < -0.39 is 5.82 Å². The van der Waals surface area contributed by atoms with Gasteiger partial charge in [0.05, 0.1) is 5.56 Å². The smallest absolute Gasteiger partial charge is 0.144 e. The lowest BCUT2D eigenvalue weighted by Gasteiger charge is -1.99. The van der Waals surface area contributed by atoms with Gasteiger partial charge in [0.2, 0.25) is 0 Å². The Morgan fingerprint density at radius 2 is 2.18 bits per heavy atom. The third kappa shape index (κ3) is 1.30. The molecule has 1 aromatic rings. The molecule has 0 aromatic heterocycles. The Morgan fingerprint density at radius 3 is 2.73 bits per heavy atom. The van der Waals surface area contributed by atoms with Crippen LogP contribution in [0.1, 0.15) is 11.1 Å². The highest BCUT2D eigenvalue weighted by Crippen LogP contribution is 2.15. The molecule has 0 atom stereocenters. The lowest BCUT2D eigenvalue weighted by atomic mass is 10.1. The molecule has 2 N–H and O–H groups in total. The number of nitrogens with zero attached hydrogens (tertiary/aromatic N) is 1. The highest BCUT2D eigenvalue weighted by molar-refractivity contribution is 5.49. The Balaban J connectivity index is 3.39. The lowest BCUT2D eigenvalue weighted by Crippen LogP contribution is -1.93. The maximum atomic E-state index is 12.9. The highest BCUT2D eigenvalue weighted by Gasteiger charge is 2.04. The van der Waals surface area contributed by atoms with Crippen LogP contribution < -0.4 is 5.73 Å². The van der Waals surface area contributed by atoms with Crippen LogP contribution in [0.15, 0.2) is 12.1 Å². The van der Waals surface area contributed by atoms with Gasteiger partial charge >= 0.3 is 0 Å². The number of nitrogens with two attached hydrogens (primary N) is 1. The highest BCUT2D eigenvalue weighted by atomic mass is 19.1. The first-order valence-corrected chi connectivity index (χ1v) is 3.11. The molecule has 1 rings (SSSR count). The molecule has 11 heavy (non-hydrogen) atoms. The molecule has 0 bridgehead atoms. The van der Waals surface area contributed by atoms with Crippen molar-refractivity contribution in [1.82, 2.24) is 0 Å². The van der Waals surface area contributed by atoms with Gasteiger partial charge < -0.3 is 5.73 Å². The predicted molar refractivity (Wildman–Crippen MR) is 40.3 cm³/mol. The third-order valence-electron chi connectivity index (χ3n) is 1.40. The van der Waals surface area contributed by atoms with E-state index in [1.54, 1.807) is 13.0 Å². The van der Waals surface area contributed by atoms with Gasteiger partial charge in [-0.25, -0.2) is 4.39 Å². The number of hydrogen-bond acceptors (Lipinski definition) is 2. The summed E-state index contributed by atoms with van der Waals surface area (Å²) < 4.78 is 12.9. The average molecular weight is 150 g/mol. The number of nitriles is 1. The van der Waals surface area contributed by atoms with Crippen molar-refractivity contribution in [2.24, 2.45) is 0 Å². The van der Waals surface area contributed by atoms with Crippen LogP contribution in [0.5, 0.6) is 0 Å². The Kier molecular flexibility index (Phi) is 1.77. The summed E-state index contributed by atoms with van der Waals surface area (Å²) in [5, 5.41) is 8.42. The largest absolute Gasteiger partial charge is 0.399 e. The van der Waals surface area contributed by atoms with Crippen molar-refractivity contribution in [3.8, 4) is 6.07 Å². The number of halogens is 1. The molecule has 0 unspecified atom stereocenters. The minimum absolute atomic E-state index is 0.00231. The first kappa shape index (κ1) is 7.55. The molecule has 0 radical (unpaired) electrons. The second-order valence-corrected chi connectivity index (χ2v) is 2.31. The molecule has 2 nitrogen and oxygen atoms in total. The zero-order valence-corrected chi connectivity index (χ0v) is 6.06. The molecular weight excluding hydrogens is 143 g/mol. The summed E-state index contributed by atoms with van der Waals surface area (Å²) in [6, 6.07) is 4.54. The monoisotopic (exact) mass is 150 g/mol. The van der Waals surface area contributed by atoms with Crippen molar-refractivity contribution in [2.45, 2.75) is 6.92 Å². The first-order chi connectivity index (χ1) is 5.15. The molecule has 0 saturated carbocycles. The Labute approximate surface area is 64.1 Å². The van der Waals surface area contributed by atoms with Crippen molar-refractivity contribution in [1.29, 1.82) is 5.26 Å². The molecule has 3 heteroatoms. The first-order valence-electron chi connectivity index (χ1n) is 3.11. The van der Waals surface area contributed by atoms with Crippen LogP contribution in [0.4, 0.5) is 10.1 Å². The molecule has 0 amide bonds. The Hall–Kier alpha value is -1.56. The van der Waals surface area contributed by atoms with E-state index in [2.05, 4.69) is 0 Å². The van der Waals surface area contributed by atoms with Gasteiger partial charge in [-0.3, -0.25) is 0 Å². The van der Waals surface area contributed by atoms with Crippen LogP contribution in [0.25, 0.3) is 0 Å². The predicted octanol–water partition coefficient (Wildman–Crippen LogP) is 1.59. The van der Waals surface area contributed by atoms with Gasteiger partial charge in [0.25, 0.3) is 0 Å². The van der Waals surface area contributed by atoms with Crippen molar-refractivity contribution in [3.05, 3.63) is 29.1 Å². The second kappa shape index (κ2) is 2.59. The van der Waals surface area contributed by atoms with Crippen molar-refractivity contribution in [2.75, 3.05) is 5.73 Å². The number of rotatable bonds is 0. The molecule has 1 aromatic carbocycles. The van der Waals surface area contributed by atoms with Crippen molar-refractivity contribution in [3.63, 3.8) is 0 Å². The Morgan fingerprint density at radius 1 is 1.55 bits per heavy atom. The molecule has 0 aliphatic rings. The molecule has 0 aliphatic heterocycles. The van der Waals surface area contributed by atoms with Gasteiger partial charge in [0, 0.05) is 5.69 Å². The van der Waals surface area contributed by atoms with E-state index in [1.807, 2.05) is 0 Å². The van der Waals surface area contributed by atoms with E-state index in [-0.39, 0.29) is 5.56 Å². The maximum absolute atomic E-state index is 12.9. The molecular formula is C8H7FN2. The number of hydrogen-bond donors (Lipinski definition) is 1. The van der Waals surface area contributed by atoms with E-state index in [1.165, 1.54) is 12.1 Å². The fourth-order valence-electron chi connectivity index (χ4n) is 0.879. The molecule has 0 spiro atoms. The van der Waals surface area contributed by atoms with E-state index in [4.69, 9.17) is 11.0 Å². The Bertz CT molecular complexity index is 326. The summed E-state index contributed by atoms with van der Waals surface area (Å²) in [7, 11) is 0. The number of anilines is 1. The van der Waals surface area contributed by atoms with Crippen molar-refractivity contribution < 1.29 is 4.39 Å². The zero-order chi connectivity index (χ0) is 8.43. The number of benzene rings is 1. The van der Waals surface area contributed by atoms with E-state index in [9.17, 15) is 4.39 Å². The quantitative estimate of drug-likeness (QED) is 0.571.